The third kappa shape index (κ3) is 8.46. The van der Waals surface area contributed by atoms with Crippen LogP contribution in [-0.4, -0.2) is 0 Å². The summed E-state index contributed by atoms with van der Waals surface area (Å²) in [5, 5.41) is 2.88. The quantitative estimate of drug-likeness (QED) is 0.136. The van der Waals surface area contributed by atoms with Gasteiger partial charge in [0.2, 0.25) is 0 Å². The van der Waals surface area contributed by atoms with E-state index >= 15 is 0 Å². The number of rotatable bonds is 9. The zero-order valence-electron chi connectivity index (χ0n) is 38.8. The van der Waals surface area contributed by atoms with Crippen LogP contribution in [0.3, 0.4) is 0 Å². The van der Waals surface area contributed by atoms with Crippen LogP contribution in [0.15, 0.2) is 218 Å². The van der Waals surface area contributed by atoms with E-state index in [0.29, 0.717) is 35.5 Å². The standard InChI is InChI=1S/C67H62/c1-5-15-46(16-6-1)49-25-31-53(32-26-49)58-41-59(54-33-27-50(28-34-54)47-17-7-2-8-18-47)43-60(42-58)55-35-29-51(30-36-55)52-37-39-57(40-38-52)66-63-24-14-13-23-62(63)65-45-61(48-19-9-3-10-20-48)44-64(67(65)66)56-21-11-4-12-22-56/h1-26,29-32,35-40,50,54,58-61,64,67H,27-28,33-34,41-45H2. The monoisotopic (exact) mass is 866 g/mol. The van der Waals surface area contributed by atoms with Crippen LogP contribution >= 0.6 is 0 Å². The lowest BCUT2D eigenvalue weighted by Gasteiger charge is -2.42. The second kappa shape index (κ2) is 18.6. The van der Waals surface area contributed by atoms with Crippen molar-refractivity contribution in [2.75, 3.05) is 0 Å². The molecule has 6 atom stereocenters. The van der Waals surface area contributed by atoms with Gasteiger partial charge in [-0.2, -0.15) is 0 Å². The number of hydrogen-bond acceptors (Lipinski definition) is 0. The first-order valence-corrected chi connectivity index (χ1v) is 25.5. The lowest BCUT2D eigenvalue weighted by molar-refractivity contribution is 0.161. The van der Waals surface area contributed by atoms with Crippen molar-refractivity contribution < 1.29 is 0 Å². The zero-order valence-corrected chi connectivity index (χ0v) is 38.8. The van der Waals surface area contributed by atoms with E-state index < -0.39 is 0 Å². The van der Waals surface area contributed by atoms with Gasteiger partial charge in [0.25, 0.3) is 0 Å². The molecule has 0 amide bonds. The highest BCUT2D eigenvalue weighted by Gasteiger charge is 2.41. The number of benzene rings is 8. The molecule has 4 aliphatic carbocycles. The van der Waals surface area contributed by atoms with Crippen molar-refractivity contribution in [2.24, 2.45) is 17.8 Å². The molecule has 0 N–H and O–H groups in total. The summed E-state index contributed by atoms with van der Waals surface area (Å²) >= 11 is 0. The van der Waals surface area contributed by atoms with Crippen LogP contribution in [0.5, 0.6) is 0 Å². The van der Waals surface area contributed by atoms with Crippen molar-refractivity contribution in [3.05, 3.63) is 262 Å². The van der Waals surface area contributed by atoms with Crippen LogP contribution in [0.1, 0.15) is 121 Å². The lowest BCUT2D eigenvalue weighted by Crippen LogP contribution is -2.28. The molecule has 0 heteroatoms. The molecule has 0 spiro atoms. The number of fused-ring (bicyclic) bond motifs is 2. The summed E-state index contributed by atoms with van der Waals surface area (Å²) < 4.78 is 0. The first-order chi connectivity index (χ1) is 33.2. The van der Waals surface area contributed by atoms with Crippen LogP contribution in [0.4, 0.5) is 0 Å². The Morgan fingerprint density at radius 3 is 1.24 bits per heavy atom. The van der Waals surface area contributed by atoms with Crippen molar-refractivity contribution in [1.82, 2.24) is 0 Å². The van der Waals surface area contributed by atoms with Gasteiger partial charge in [-0.15, -0.1) is 0 Å². The second-order valence-electron chi connectivity index (χ2n) is 20.6. The maximum absolute atomic E-state index is 2.48. The Labute approximate surface area is 398 Å². The van der Waals surface area contributed by atoms with E-state index in [0.717, 1.165) is 24.7 Å². The molecule has 330 valence electrons. The summed E-state index contributed by atoms with van der Waals surface area (Å²) in [4.78, 5) is 0. The molecule has 67 heavy (non-hydrogen) atoms. The zero-order chi connectivity index (χ0) is 44.5. The summed E-state index contributed by atoms with van der Waals surface area (Å²) in [7, 11) is 0. The maximum atomic E-state index is 2.48. The van der Waals surface area contributed by atoms with Crippen molar-refractivity contribution in [3.63, 3.8) is 0 Å². The van der Waals surface area contributed by atoms with Gasteiger partial charge in [0.1, 0.15) is 0 Å². The molecule has 0 aromatic heterocycles. The fourth-order valence-electron chi connectivity index (χ4n) is 13.6. The average Bonchev–Trinajstić information content (AvgIpc) is 3.76. The van der Waals surface area contributed by atoms with E-state index in [-0.39, 0.29) is 0 Å². The van der Waals surface area contributed by atoms with Crippen molar-refractivity contribution in [2.45, 2.75) is 87.4 Å². The van der Waals surface area contributed by atoms with Crippen LogP contribution in [-0.2, 0) is 0 Å². The van der Waals surface area contributed by atoms with Crippen LogP contribution < -0.4 is 10.4 Å². The average molecular weight is 867 g/mol. The minimum Gasteiger partial charge on any atom is -0.0622 e. The first-order valence-electron chi connectivity index (χ1n) is 25.5. The van der Waals surface area contributed by atoms with Gasteiger partial charge in [0.05, 0.1) is 0 Å². The molecular weight excluding hydrogens is 805 g/mol. The molecule has 12 rings (SSSR count). The second-order valence-corrected chi connectivity index (χ2v) is 20.6. The molecular formula is C67H62. The molecule has 3 saturated carbocycles. The van der Waals surface area contributed by atoms with Gasteiger partial charge < -0.3 is 0 Å². The SMILES string of the molecule is c1ccc(-c2ccc(C3CC(c4ccc(-c5ccc(C6=c7ccccc7=C7CC(c8ccccc8)CC(c8ccccc8)C76)cc5)cc4)CC(C4CCC(c5ccccc5)CC4)C3)cc2)cc1. The number of hydrogen-bond donors (Lipinski definition) is 0. The summed E-state index contributed by atoms with van der Waals surface area (Å²) in [5.41, 5.74) is 17.2. The van der Waals surface area contributed by atoms with E-state index in [2.05, 4.69) is 218 Å². The van der Waals surface area contributed by atoms with E-state index in [1.807, 2.05) is 0 Å². The van der Waals surface area contributed by atoms with Crippen LogP contribution in [0.25, 0.3) is 33.4 Å². The smallest absolute Gasteiger partial charge is 0.0139 e. The predicted molar refractivity (Wildman–Crippen MR) is 280 cm³/mol. The molecule has 3 fully saturated rings. The van der Waals surface area contributed by atoms with Crippen molar-refractivity contribution in [1.29, 1.82) is 0 Å². The van der Waals surface area contributed by atoms with Gasteiger partial charge in [-0.3, -0.25) is 0 Å². The van der Waals surface area contributed by atoms with Crippen LogP contribution in [0, 0.1) is 17.8 Å². The fraction of sp³-hybridized carbons (Fsp3) is 0.254. The van der Waals surface area contributed by atoms with Gasteiger partial charge in [-0.05, 0) is 171 Å². The maximum Gasteiger partial charge on any atom is 0.0139 e. The van der Waals surface area contributed by atoms with Crippen molar-refractivity contribution in [3.8, 4) is 22.3 Å². The highest BCUT2D eigenvalue weighted by molar-refractivity contribution is 5.83. The molecule has 0 radical (unpaired) electrons. The normalized spacial score (nSPS) is 24.7. The first kappa shape index (κ1) is 41.9. The van der Waals surface area contributed by atoms with E-state index in [1.165, 1.54) is 111 Å². The Morgan fingerprint density at radius 2 is 0.687 bits per heavy atom. The minimum absolute atomic E-state index is 0.369. The third-order valence-electron chi connectivity index (χ3n) is 17.0. The molecule has 0 saturated heterocycles. The molecule has 4 aliphatic rings. The third-order valence-corrected chi connectivity index (χ3v) is 17.0. The van der Waals surface area contributed by atoms with Gasteiger partial charge >= 0.3 is 0 Å². The Bertz CT molecular complexity index is 3030. The van der Waals surface area contributed by atoms with E-state index in [9.17, 15) is 0 Å². The van der Waals surface area contributed by atoms with Gasteiger partial charge in [-0.25, -0.2) is 0 Å². The van der Waals surface area contributed by atoms with Gasteiger partial charge in [0.15, 0.2) is 0 Å². The van der Waals surface area contributed by atoms with Crippen LogP contribution in [0.2, 0.25) is 0 Å². The van der Waals surface area contributed by atoms with Gasteiger partial charge in [-0.1, -0.05) is 224 Å². The minimum atomic E-state index is 0.369. The summed E-state index contributed by atoms with van der Waals surface area (Å²) in [6.07, 6.45) is 11.5. The highest BCUT2D eigenvalue weighted by Crippen LogP contribution is 2.54. The summed E-state index contributed by atoms with van der Waals surface area (Å²) in [6, 6.07) is 83.2. The van der Waals surface area contributed by atoms with E-state index in [1.54, 1.807) is 11.1 Å². The molecule has 6 unspecified atom stereocenters. The summed E-state index contributed by atoms with van der Waals surface area (Å²) in [6.45, 7) is 0. The van der Waals surface area contributed by atoms with Crippen molar-refractivity contribution >= 4 is 11.1 Å². The molecule has 0 aliphatic heterocycles. The molecule has 8 aromatic rings. The molecule has 8 aromatic carbocycles. The topological polar surface area (TPSA) is 0 Å². The Hall–Kier alpha value is -6.50. The largest absolute Gasteiger partial charge is 0.0622 e. The van der Waals surface area contributed by atoms with Gasteiger partial charge in [0, 0.05) is 5.92 Å². The summed E-state index contributed by atoms with van der Waals surface area (Å²) in [5.74, 6) is 4.73. The molecule has 0 heterocycles. The van der Waals surface area contributed by atoms with E-state index in [4.69, 9.17) is 0 Å². The predicted octanol–water partition coefficient (Wildman–Crippen LogP) is 16.0. The highest BCUT2D eigenvalue weighted by atomic mass is 14.4. The Morgan fingerprint density at radius 1 is 0.269 bits per heavy atom. The fourth-order valence-corrected chi connectivity index (χ4v) is 13.6. The Balaban J connectivity index is 0.814. The molecule has 0 nitrogen and oxygen atoms in total. The molecule has 0 bridgehead atoms. The lowest BCUT2D eigenvalue weighted by atomic mass is 9.63. The Kier molecular flexibility index (Phi) is 11.7.